The number of ether oxygens (including phenoxy) is 2. The number of aromatic nitrogens is 2. The van der Waals surface area contributed by atoms with Crippen molar-refractivity contribution in [3.05, 3.63) is 17.5 Å². The average molecular weight is 335 g/mol. The van der Waals surface area contributed by atoms with Gasteiger partial charge in [0.15, 0.2) is 0 Å². The van der Waals surface area contributed by atoms with E-state index in [4.69, 9.17) is 14.6 Å². The van der Waals surface area contributed by atoms with Gasteiger partial charge in [0, 0.05) is 25.3 Å². The molecule has 24 heavy (non-hydrogen) atoms. The molecule has 6 heteroatoms. The first kappa shape index (κ1) is 17.4. The van der Waals surface area contributed by atoms with Gasteiger partial charge < -0.3 is 14.8 Å². The van der Waals surface area contributed by atoms with Crippen molar-refractivity contribution >= 4 is 5.97 Å². The second kappa shape index (κ2) is 7.23. The molecule has 0 aliphatic carbocycles. The maximum atomic E-state index is 12.7. The summed E-state index contributed by atoms with van der Waals surface area (Å²) < 4.78 is 13.1. The highest BCUT2D eigenvalue weighted by Crippen LogP contribution is 2.31. The van der Waals surface area contributed by atoms with Crippen molar-refractivity contribution in [2.24, 2.45) is 0 Å². The lowest BCUT2D eigenvalue weighted by molar-refractivity contribution is 0.00658. The van der Waals surface area contributed by atoms with E-state index in [-0.39, 0.29) is 11.9 Å². The van der Waals surface area contributed by atoms with Crippen LogP contribution in [0.3, 0.4) is 0 Å². The van der Waals surface area contributed by atoms with Crippen LogP contribution in [0.15, 0.2) is 6.20 Å². The van der Waals surface area contributed by atoms with Crippen molar-refractivity contribution < 1.29 is 14.3 Å². The Hall–Kier alpha value is -1.40. The molecular weight excluding hydrogens is 306 g/mol. The molecule has 0 spiro atoms. The summed E-state index contributed by atoms with van der Waals surface area (Å²) in [5.74, 6) is 0.0217. The van der Waals surface area contributed by atoms with E-state index < -0.39 is 5.60 Å². The first-order valence-corrected chi connectivity index (χ1v) is 9.05. The molecule has 0 amide bonds. The van der Waals surface area contributed by atoms with E-state index in [9.17, 15) is 4.79 Å². The minimum absolute atomic E-state index is 0.260. The molecule has 2 fully saturated rings. The van der Waals surface area contributed by atoms with Crippen LogP contribution in [0.2, 0.25) is 0 Å². The molecule has 3 heterocycles. The average Bonchev–Trinajstić information content (AvgIpc) is 3.00. The monoisotopic (exact) mass is 335 g/mol. The van der Waals surface area contributed by atoms with Gasteiger partial charge in [-0.15, -0.1) is 0 Å². The van der Waals surface area contributed by atoms with Crippen LogP contribution in [0.5, 0.6) is 0 Å². The number of rotatable bonds is 3. The second-order valence-corrected chi connectivity index (χ2v) is 7.78. The van der Waals surface area contributed by atoms with Gasteiger partial charge in [-0.1, -0.05) is 0 Å². The van der Waals surface area contributed by atoms with E-state index >= 15 is 0 Å². The predicted octanol–water partition coefficient (Wildman–Crippen LogP) is 2.66. The second-order valence-electron chi connectivity index (χ2n) is 7.78. The summed E-state index contributed by atoms with van der Waals surface area (Å²) in [6.45, 7) is 9.16. The van der Waals surface area contributed by atoms with E-state index in [2.05, 4.69) is 5.32 Å². The lowest BCUT2D eigenvalue weighted by Crippen LogP contribution is -2.29. The Morgan fingerprint density at radius 1 is 1.25 bits per heavy atom. The number of nitrogens with zero attached hydrogens (tertiary/aromatic N) is 2. The van der Waals surface area contributed by atoms with Crippen LogP contribution in [-0.4, -0.2) is 47.7 Å². The van der Waals surface area contributed by atoms with Gasteiger partial charge in [0.05, 0.1) is 11.7 Å². The number of carbonyl (C=O) groups excluding carboxylic acids is 1. The number of hydrogen-bond acceptors (Lipinski definition) is 5. The number of esters is 1. The minimum Gasteiger partial charge on any atom is -0.456 e. The third kappa shape index (κ3) is 4.16. The molecule has 1 N–H and O–H groups in total. The fraction of sp³-hybridized carbons (Fsp3) is 0.778. The number of hydrogen-bond donors (Lipinski definition) is 1. The highest BCUT2D eigenvalue weighted by atomic mass is 16.6. The van der Waals surface area contributed by atoms with Crippen molar-refractivity contribution in [3.63, 3.8) is 0 Å². The van der Waals surface area contributed by atoms with E-state index in [1.165, 1.54) is 0 Å². The molecule has 1 aromatic rings. The molecule has 0 aromatic carbocycles. The summed E-state index contributed by atoms with van der Waals surface area (Å²) in [6, 6.07) is 0.362. The van der Waals surface area contributed by atoms with Crippen molar-refractivity contribution in [3.8, 4) is 0 Å². The van der Waals surface area contributed by atoms with Crippen molar-refractivity contribution in [2.45, 2.75) is 64.0 Å². The Balaban J connectivity index is 1.88. The largest absolute Gasteiger partial charge is 0.456 e. The van der Waals surface area contributed by atoms with E-state index in [1.54, 1.807) is 0 Å². The smallest absolute Gasteiger partial charge is 0.342 e. The highest BCUT2D eigenvalue weighted by molar-refractivity contribution is 5.91. The fourth-order valence-corrected chi connectivity index (χ4v) is 3.43. The number of piperidine rings is 1. The fourth-order valence-electron chi connectivity index (χ4n) is 3.43. The summed E-state index contributed by atoms with van der Waals surface area (Å²) in [4.78, 5) is 12.7. The predicted molar refractivity (Wildman–Crippen MR) is 91.3 cm³/mol. The molecule has 134 valence electrons. The van der Waals surface area contributed by atoms with Crippen molar-refractivity contribution in [2.75, 3.05) is 26.3 Å². The third-order valence-corrected chi connectivity index (χ3v) is 4.67. The first-order valence-electron chi connectivity index (χ1n) is 9.05. The van der Waals surface area contributed by atoms with Gasteiger partial charge in [-0.05, 0) is 59.5 Å². The quantitative estimate of drug-likeness (QED) is 0.860. The summed E-state index contributed by atoms with van der Waals surface area (Å²) in [6.07, 6.45) is 5.83. The van der Waals surface area contributed by atoms with Crippen molar-refractivity contribution in [1.82, 2.24) is 15.1 Å². The van der Waals surface area contributed by atoms with Gasteiger partial charge in [0.25, 0.3) is 0 Å². The standard InChI is InChI=1S/C18H29N3O3/c1-18(2,3)24-17(22)15-12-21(14-4-8-19-9-5-14)20-16(15)13-6-10-23-11-7-13/h12-14,19H,4-11H2,1-3H3. The van der Waals surface area contributed by atoms with Crippen LogP contribution in [0.4, 0.5) is 0 Å². The summed E-state index contributed by atoms with van der Waals surface area (Å²) in [5, 5.41) is 8.21. The summed E-state index contributed by atoms with van der Waals surface area (Å²) >= 11 is 0. The van der Waals surface area contributed by atoms with E-state index in [0.29, 0.717) is 11.6 Å². The summed E-state index contributed by atoms with van der Waals surface area (Å²) in [7, 11) is 0. The Morgan fingerprint density at radius 2 is 1.92 bits per heavy atom. The lowest BCUT2D eigenvalue weighted by atomic mass is 9.94. The summed E-state index contributed by atoms with van der Waals surface area (Å²) in [5.41, 5.74) is 1.03. The molecule has 1 aromatic heterocycles. The molecule has 2 aliphatic heterocycles. The van der Waals surface area contributed by atoms with Crippen molar-refractivity contribution in [1.29, 1.82) is 0 Å². The van der Waals surface area contributed by atoms with Gasteiger partial charge in [-0.2, -0.15) is 5.10 Å². The topological polar surface area (TPSA) is 65.4 Å². The Labute approximate surface area is 143 Å². The number of nitrogens with one attached hydrogen (secondary N) is 1. The zero-order valence-electron chi connectivity index (χ0n) is 15.0. The lowest BCUT2D eigenvalue weighted by Gasteiger charge is -2.24. The molecule has 6 nitrogen and oxygen atoms in total. The zero-order chi connectivity index (χ0) is 17.2. The Bertz CT molecular complexity index is 565. The first-order chi connectivity index (χ1) is 11.4. The Kier molecular flexibility index (Phi) is 5.25. The molecule has 0 bridgehead atoms. The van der Waals surface area contributed by atoms with Gasteiger partial charge in [0.2, 0.25) is 0 Å². The van der Waals surface area contributed by atoms with Crippen LogP contribution in [0.25, 0.3) is 0 Å². The molecule has 3 rings (SSSR count). The van der Waals surface area contributed by atoms with Crippen LogP contribution < -0.4 is 5.32 Å². The van der Waals surface area contributed by atoms with Crippen LogP contribution in [0, 0.1) is 0 Å². The van der Waals surface area contributed by atoms with Crippen LogP contribution in [0.1, 0.15) is 74.5 Å². The van der Waals surface area contributed by atoms with Gasteiger partial charge in [-0.25, -0.2) is 4.79 Å². The SMILES string of the molecule is CC(C)(C)OC(=O)c1cn(C2CCNCC2)nc1C1CCOCC1. The minimum atomic E-state index is -0.499. The molecule has 2 aliphatic rings. The van der Waals surface area contributed by atoms with Crippen LogP contribution >= 0.6 is 0 Å². The third-order valence-electron chi connectivity index (χ3n) is 4.67. The molecule has 0 saturated carbocycles. The molecule has 0 atom stereocenters. The van der Waals surface area contributed by atoms with Gasteiger partial charge >= 0.3 is 5.97 Å². The normalized spacial score (nSPS) is 21.0. The molecule has 0 radical (unpaired) electrons. The maximum absolute atomic E-state index is 12.7. The number of carbonyl (C=O) groups is 1. The highest BCUT2D eigenvalue weighted by Gasteiger charge is 2.30. The molecule has 2 saturated heterocycles. The Morgan fingerprint density at radius 3 is 2.54 bits per heavy atom. The molecular formula is C18H29N3O3. The maximum Gasteiger partial charge on any atom is 0.342 e. The molecule has 0 unspecified atom stereocenters. The zero-order valence-corrected chi connectivity index (χ0v) is 15.0. The van der Waals surface area contributed by atoms with E-state index in [1.807, 2.05) is 31.6 Å². The van der Waals surface area contributed by atoms with Gasteiger partial charge in [0.1, 0.15) is 11.2 Å². The van der Waals surface area contributed by atoms with E-state index in [0.717, 1.165) is 57.7 Å². The van der Waals surface area contributed by atoms with Crippen LogP contribution in [-0.2, 0) is 9.47 Å². The van der Waals surface area contributed by atoms with Gasteiger partial charge in [-0.3, -0.25) is 4.68 Å².